The molecule has 2 bridgehead atoms. The van der Waals surface area contributed by atoms with Gasteiger partial charge in [0.1, 0.15) is 0 Å². The van der Waals surface area contributed by atoms with Gasteiger partial charge in [-0.3, -0.25) is 19.3 Å². The van der Waals surface area contributed by atoms with Crippen LogP contribution in [0.4, 0.5) is 0 Å². The summed E-state index contributed by atoms with van der Waals surface area (Å²) < 4.78 is 0. The predicted octanol–water partition coefficient (Wildman–Crippen LogP) is 0.772. The minimum absolute atomic E-state index is 0.0358. The highest BCUT2D eigenvalue weighted by atomic mass is 16.2. The van der Waals surface area contributed by atoms with Crippen LogP contribution in [0.5, 0.6) is 0 Å². The van der Waals surface area contributed by atoms with Crippen molar-refractivity contribution in [1.29, 1.82) is 0 Å². The zero-order valence-electron chi connectivity index (χ0n) is 13.4. The molecule has 2 aliphatic carbocycles. The molecule has 2 saturated carbocycles. The first-order valence-electron chi connectivity index (χ1n) is 8.56. The number of nitrogens with two attached hydrogens (primary N) is 1. The van der Waals surface area contributed by atoms with Crippen molar-refractivity contribution in [3.63, 3.8) is 0 Å². The molecule has 0 saturated heterocycles. The Morgan fingerprint density at radius 3 is 2.33 bits per heavy atom. The van der Waals surface area contributed by atoms with Gasteiger partial charge in [0.05, 0.1) is 17.0 Å². The minimum Gasteiger partial charge on any atom is -0.354 e. The van der Waals surface area contributed by atoms with E-state index in [1.54, 1.807) is 24.3 Å². The van der Waals surface area contributed by atoms with Crippen LogP contribution in [-0.2, 0) is 4.79 Å². The Kier molecular flexibility index (Phi) is 3.64. The molecule has 126 valence electrons. The first-order chi connectivity index (χ1) is 11.6. The summed E-state index contributed by atoms with van der Waals surface area (Å²) in [6.07, 6.45) is 3.26. The van der Waals surface area contributed by atoms with Crippen molar-refractivity contribution in [3.05, 3.63) is 35.4 Å². The van der Waals surface area contributed by atoms with Gasteiger partial charge in [-0.15, -0.1) is 0 Å². The zero-order valence-corrected chi connectivity index (χ0v) is 13.4. The molecule has 0 radical (unpaired) electrons. The minimum atomic E-state index is -0.290. The van der Waals surface area contributed by atoms with E-state index >= 15 is 0 Å². The van der Waals surface area contributed by atoms with E-state index in [0.29, 0.717) is 23.0 Å². The Morgan fingerprint density at radius 2 is 1.75 bits per heavy atom. The molecule has 6 nitrogen and oxygen atoms in total. The van der Waals surface area contributed by atoms with Crippen LogP contribution in [0.25, 0.3) is 0 Å². The van der Waals surface area contributed by atoms with Crippen molar-refractivity contribution in [2.75, 3.05) is 13.1 Å². The lowest BCUT2D eigenvalue weighted by Crippen LogP contribution is -2.47. The maximum atomic E-state index is 12.4. The molecule has 3 aliphatic rings. The molecule has 6 heteroatoms. The molecule has 4 unspecified atom stereocenters. The van der Waals surface area contributed by atoms with Gasteiger partial charge in [-0.05, 0) is 43.2 Å². The molecule has 4 atom stereocenters. The number of imide groups is 1. The lowest BCUT2D eigenvalue weighted by molar-refractivity contribution is -0.127. The van der Waals surface area contributed by atoms with Gasteiger partial charge in [-0.25, -0.2) is 0 Å². The average Bonchev–Trinajstić information content (AvgIpc) is 3.24. The summed E-state index contributed by atoms with van der Waals surface area (Å²) in [4.78, 5) is 38.2. The number of hydrogen-bond acceptors (Lipinski definition) is 4. The van der Waals surface area contributed by atoms with Gasteiger partial charge >= 0.3 is 0 Å². The van der Waals surface area contributed by atoms with Crippen LogP contribution < -0.4 is 11.1 Å². The van der Waals surface area contributed by atoms with Crippen molar-refractivity contribution in [3.8, 4) is 0 Å². The van der Waals surface area contributed by atoms with E-state index < -0.39 is 0 Å². The normalized spacial score (nSPS) is 30.8. The largest absolute Gasteiger partial charge is 0.354 e. The van der Waals surface area contributed by atoms with E-state index in [1.165, 1.54) is 4.90 Å². The molecule has 0 aromatic heterocycles. The molecule has 3 N–H and O–H groups in total. The van der Waals surface area contributed by atoms with Crippen LogP contribution in [0.15, 0.2) is 24.3 Å². The Bertz CT molecular complexity index is 680. The molecule has 3 amide bonds. The Labute approximate surface area is 140 Å². The lowest BCUT2D eigenvalue weighted by atomic mass is 9.84. The number of rotatable bonds is 4. The molecule has 0 spiro atoms. The fourth-order valence-electron chi connectivity index (χ4n) is 4.58. The Hall–Kier alpha value is -2.21. The Morgan fingerprint density at radius 1 is 1.12 bits per heavy atom. The monoisotopic (exact) mass is 327 g/mol. The molecule has 1 aliphatic heterocycles. The molecular formula is C18H21N3O3. The van der Waals surface area contributed by atoms with Crippen molar-refractivity contribution in [2.24, 2.45) is 23.5 Å². The average molecular weight is 327 g/mol. The molecule has 4 rings (SSSR count). The predicted molar refractivity (Wildman–Crippen MR) is 87.1 cm³/mol. The maximum Gasteiger partial charge on any atom is 0.261 e. The van der Waals surface area contributed by atoms with Crippen LogP contribution in [0.3, 0.4) is 0 Å². The summed E-state index contributed by atoms with van der Waals surface area (Å²) in [5.74, 6) is 0.131. The number of amides is 3. The second-order valence-electron chi connectivity index (χ2n) is 7.03. The number of fused-ring (bicyclic) bond motifs is 3. The highest BCUT2D eigenvalue weighted by molar-refractivity contribution is 6.21. The number of nitrogens with one attached hydrogen (secondary N) is 1. The van der Waals surface area contributed by atoms with Gasteiger partial charge in [-0.1, -0.05) is 12.1 Å². The van der Waals surface area contributed by atoms with Gasteiger partial charge in [0.15, 0.2) is 0 Å². The number of nitrogens with zero attached hydrogens (tertiary/aromatic N) is 1. The van der Waals surface area contributed by atoms with Crippen LogP contribution >= 0.6 is 0 Å². The van der Waals surface area contributed by atoms with Gasteiger partial charge < -0.3 is 11.1 Å². The molecule has 24 heavy (non-hydrogen) atoms. The van der Waals surface area contributed by atoms with E-state index in [9.17, 15) is 14.4 Å². The fourth-order valence-corrected chi connectivity index (χ4v) is 4.58. The number of benzene rings is 1. The number of hydrogen-bond donors (Lipinski definition) is 2. The quantitative estimate of drug-likeness (QED) is 0.799. The molecule has 1 aromatic rings. The van der Waals surface area contributed by atoms with Crippen molar-refractivity contribution in [2.45, 2.75) is 25.3 Å². The van der Waals surface area contributed by atoms with Crippen LogP contribution in [0.2, 0.25) is 0 Å². The summed E-state index contributed by atoms with van der Waals surface area (Å²) in [5.41, 5.74) is 7.05. The highest BCUT2D eigenvalue weighted by Gasteiger charge is 2.49. The van der Waals surface area contributed by atoms with Crippen LogP contribution in [-0.4, -0.2) is 41.8 Å². The Balaban J connectivity index is 1.35. The summed E-state index contributed by atoms with van der Waals surface area (Å²) in [6, 6.07) is 6.74. The van der Waals surface area contributed by atoms with E-state index in [-0.39, 0.29) is 42.8 Å². The molecule has 1 aromatic carbocycles. The summed E-state index contributed by atoms with van der Waals surface area (Å²) in [6.45, 7) is 0.457. The molecular weight excluding hydrogens is 306 g/mol. The third-order valence-electron chi connectivity index (χ3n) is 5.80. The topological polar surface area (TPSA) is 92.5 Å². The summed E-state index contributed by atoms with van der Waals surface area (Å²) >= 11 is 0. The second kappa shape index (κ2) is 5.70. The number of carbonyl (C=O) groups is 3. The van der Waals surface area contributed by atoms with Gasteiger partial charge in [0.25, 0.3) is 11.8 Å². The molecule has 1 heterocycles. The van der Waals surface area contributed by atoms with Crippen molar-refractivity contribution in [1.82, 2.24) is 10.2 Å². The van der Waals surface area contributed by atoms with E-state index in [0.717, 1.165) is 19.3 Å². The van der Waals surface area contributed by atoms with E-state index in [2.05, 4.69) is 5.32 Å². The third kappa shape index (κ3) is 2.24. The van der Waals surface area contributed by atoms with Gasteiger partial charge in [0, 0.05) is 19.1 Å². The second-order valence-corrected chi connectivity index (χ2v) is 7.03. The van der Waals surface area contributed by atoms with E-state index in [1.807, 2.05) is 0 Å². The standard InChI is InChI=1S/C18H21N3O3/c19-15-11-6-5-10(9-11)14(15)16(22)20-7-8-21-17(23)12-3-1-2-4-13(12)18(21)24/h1-4,10-11,14-15H,5-9,19H2,(H,20,22). The van der Waals surface area contributed by atoms with Gasteiger partial charge in [0.2, 0.25) is 5.91 Å². The first kappa shape index (κ1) is 15.3. The van der Waals surface area contributed by atoms with Gasteiger partial charge in [-0.2, -0.15) is 0 Å². The van der Waals surface area contributed by atoms with Crippen molar-refractivity contribution < 1.29 is 14.4 Å². The smallest absolute Gasteiger partial charge is 0.261 e. The van der Waals surface area contributed by atoms with Crippen LogP contribution in [0.1, 0.15) is 40.0 Å². The summed E-state index contributed by atoms with van der Waals surface area (Å²) in [5, 5.41) is 2.87. The molecule has 2 fully saturated rings. The van der Waals surface area contributed by atoms with Crippen LogP contribution in [0, 0.1) is 17.8 Å². The lowest BCUT2D eigenvalue weighted by Gasteiger charge is -2.27. The zero-order chi connectivity index (χ0) is 16.8. The fraction of sp³-hybridized carbons (Fsp3) is 0.500. The maximum absolute atomic E-state index is 12.4. The van der Waals surface area contributed by atoms with E-state index in [4.69, 9.17) is 5.73 Å². The summed E-state index contributed by atoms with van der Waals surface area (Å²) in [7, 11) is 0. The highest BCUT2D eigenvalue weighted by Crippen LogP contribution is 2.47. The third-order valence-corrected chi connectivity index (χ3v) is 5.80. The first-order valence-corrected chi connectivity index (χ1v) is 8.56. The van der Waals surface area contributed by atoms with Crippen molar-refractivity contribution >= 4 is 17.7 Å². The SMILES string of the molecule is NC1C2CCC(C2)C1C(=O)NCCN1C(=O)c2ccccc2C1=O. The number of carbonyl (C=O) groups excluding carboxylic acids is 3.